The molecule has 1 heterocycles. The highest BCUT2D eigenvalue weighted by Gasteiger charge is 2.10. The first kappa shape index (κ1) is 14.4. The fraction of sp³-hybridized carbons (Fsp3) is 0.615. The van der Waals surface area contributed by atoms with Gasteiger partial charge in [-0.15, -0.1) is 0 Å². The molecular formula is C13H21N3O2. The zero-order valence-electron chi connectivity index (χ0n) is 11.3. The topological polar surface area (TPSA) is 64.1 Å². The fourth-order valence-corrected chi connectivity index (χ4v) is 1.61. The van der Waals surface area contributed by atoms with Gasteiger partial charge in [0.25, 0.3) is 0 Å². The Balaban J connectivity index is 2.55. The van der Waals surface area contributed by atoms with Crippen molar-refractivity contribution in [2.45, 2.75) is 39.5 Å². The molecule has 0 atom stereocenters. The Bertz CT molecular complexity index is 394. The summed E-state index contributed by atoms with van der Waals surface area (Å²) in [5.41, 5.74) is 0.751. The number of nitrogens with one attached hydrogen (secondary N) is 1. The second-order valence-corrected chi connectivity index (χ2v) is 4.20. The summed E-state index contributed by atoms with van der Waals surface area (Å²) in [6.07, 6.45) is 4.78. The van der Waals surface area contributed by atoms with Crippen LogP contribution in [0.25, 0.3) is 0 Å². The van der Waals surface area contributed by atoms with Crippen LogP contribution < -0.4 is 5.32 Å². The summed E-state index contributed by atoms with van der Waals surface area (Å²) in [5.74, 6) is 0.278. The van der Waals surface area contributed by atoms with Crippen molar-refractivity contribution in [2.75, 3.05) is 19.0 Å². The molecule has 0 saturated carbocycles. The molecule has 0 unspecified atom stereocenters. The van der Waals surface area contributed by atoms with Crippen molar-refractivity contribution < 1.29 is 9.53 Å². The summed E-state index contributed by atoms with van der Waals surface area (Å²) < 4.78 is 4.61. The molecule has 1 aromatic heterocycles. The Hall–Kier alpha value is -1.65. The number of ether oxygens (including phenoxy) is 1. The number of carbonyl (C=O) groups is 1. The molecule has 0 spiro atoms. The number of rotatable bonds is 7. The molecule has 1 N–H and O–H groups in total. The van der Waals surface area contributed by atoms with Crippen molar-refractivity contribution >= 4 is 11.8 Å². The van der Waals surface area contributed by atoms with Crippen LogP contribution in [0.3, 0.4) is 0 Å². The van der Waals surface area contributed by atoms with Crippen molar-refractivity contribution in [1.29, 1.82) is 0 Å². The van der Waals surface area contributed by atoms with Gasteiger partial charge in [-0.05, 0) is 13.3 Å². The third-order valence-electron chi connectivity index (χ3n) is 2.56. The Morgan fingerprint density at radius 1 is 1.33 bits per heavy atom. The molecule has 18 heavy (non-hydrogen) atoms. The van der Waals surface area contributed by atoms with Gasteiger partial charge in [-0.1, -0.05) is 26.2 Å². The van der Waals surface area contributed by atoms with E-state index in [1.165, 1.54) is 26.4 Å². The SMILES string of the molecule is CCCCCCNc1cc(C)nc(C(=O)OC)n1. The Morgan fingerprint density at radius 3 is 2.78 bits per heavy atom. The molecule has 0 radical (unpaired) electrons. The maximum Gasteiger partial charge on any atom is 0.376 e. The Kier molecular flexibility index (Phi) is 6.11. The molecule has 0 aliphatic carbocycles. The van der Waals surface area contributed by atoms with Gasteiger partial charge >= 0.3 is 5.97 Å². The van der Waals surface area contributed by atoms with E-state index in [0.29, 0.717) is 5.82 Å². The fourth-order valence-electron chi connectivity index (χ4n) is 1.61. The van der Waals surface area contributed by atoms with Crippen LogP contribution in [0.4, 0.5) is 5.82 Å². The lowest BCUT2D eigenvalue weighted by Crippen LogP contribution is -2.12. The van der Waals surface area contributed by atoms with Gasteiger partial charge in [0.05, 0.1) is 7.11 Å². The van der Waals surface area contributed by atoms with Gasteiger partial charge in [-0.25, -0.2) is 14.8 Å². The highest BCUT2D eigenvalue weighted by molar-refractivity contribution is 5.85. The lowest BCUT2D eigenvalue weighted by molar-refractivity contribution is 0.0586. The minimum absolute atomic E-state index is 0.105. The van der Waals surface area contributed by atoms with Crippen LogP contribution in [0.2, 0.25) is 0 Å². The first-order valence-corrected chi connectivity index (χ1v) is 6.35. The standard InChI is InChI=1S/C13H21N3O2/c1-4-5-6-7-8-14-11-9-10(2)15-12(16-11)13(17)18-3/h9H,4-8H2,1-3H3,(H,14,15,16). The normalized spacial score (nSPS) is 10.2. The molecule has 5 heteroatoms. The predicted octanol–water partition coefficient (Wildman–Crippen LogP) is 2.56. The number of unbranched alkanes of at least 4 members (excludes halogenated alkanes) is 3. The molecule has 0 aromatic carbocycles. The van der Waals surface area contributed by atoms with Gasteiger partial charge in [0.2, 0.25) is 5.82 Å². The predicted molar refractivity (Wildman–Crippen MR) is 70.7 cm³/mol. The van der Waals surface area contributed by atoms with Gasteiger partial charge in [0.1, 0.15) is 5.82 Å². The lowest BCUT2D eigenvalue weighted by atomic mass is 10.2. The van der Waals surface area contributed by atoms with Crippen LogP contribution in [-0.2, 0) is 4.74 Å². The largest absolute Gasteiger partial charge is 0.463 e. The lowest BCUT2D eigenvalue weighted by Gasteiger charge is -2.07. The molecule has 100 valence electrons. The summed E-state index contributed by atoms with van der Waals surface area (Å²) in [4.78, 5) is 19.5. The molecule has 0 saturated heterocycles. The first-order chi connectivity index (χ1) is 8.67. The van der Waals surface area contributed by atoms with Crippen molar-refractivity contribution in [3.63, 3.8) is 0 Å². The van der Waals surface area contributed by atoms with Gasteiger partial charge in [-0.2, -0.15) is 0 Å². The first-order valence-electron chi connectivity index (χ1n) is 6.35. The number of aromatic nitrogens is 2. The molecule has 0 aliphatic heterocycles. The van der Waals surface area contributed by atoms with E-state index < -0.39 is 5.97 Å². The van der Waals surface area contributed by atoms with E-state index in [-0.39, 0.29) is 5.82 Å². The summed E-state index contributed by atoms with van der Waals surface area (Å²) in [6, 6.07) is 1.83. The zero-order valence-corrected chi connectivity index (χ0v) is 11.3. The van der Waals surface area contributed by atoms with E-state index in [2.05, 4.69) is 26.9 Å². The smallest absolute Gasteiger partial charge is 0.376 e. The zero-order chi connectivity index (χ0) is 13.4. The number of methoxy groups -OCH3 is 1. The van der Waals surface area contributed by atoms with Crippen LogP contribution in [0, 0.1) is 6.92 Å². The summed E-state index contributed by atoms with van der Waals surface area (Å²) in [7, 11) is 1.33. The number of hydrogen-bond donors (Lipinski definition) is 1. The minimum Gasteiger partial charge on any atom is -0.463 e. The Morgan fingerprint density at radius 2 is 2.11 bits per heavy atom. The molecule has 0 bridgehead atoms. The van der Waals surface area contributed by atoms with Crippen molar-refractivity contribution in [3.05, 3.63) is 17.6 Å². The summed E-state index contributed by atoms with van der Waals surface area (Å²) in [5, 5.41) is 3.20. The van der Waals surface area contributed by atoms with Gasteiger partial charge in [0.15, 0.2) is 0 Å². The van der Waals surface area contributed by atoms with Crippen LogP contribution >= 0.6 is 0 Å². The van der Waals surface area contributed by atoms with E-state index in [4.69, 9.17) is 0 Å². The van der Waals surface area contributed by atoms with Crippen LogP contribution in [0.1, 0.15) is 48.9 Å². The number of carbonyl (C=O) groups excluding carboxylic acids is 1. The third kappa shape index (κ3) is 4.69. The van der Waals surface area contributed by atoms with E-state index >= 15 is 0 Å². The van der Waals surface area contributed by atoms with Crippen molar-refractivity contribution in [1.82, 2.24) is 9.97 Å². The molecule has 5 nitrogen and oxygen atoms in total. The number of anilines is 1. The molecule has 0 amide bonds. The maximum absolute atomic E-state index is 11.4. The molecule has 0 fully saturated rings. The van der Waals surface area contributed by atoms with Gasteiger partial charge in [0, 0.05) is 18.3 Å². The van der Waals surface area contributed by atoms with E-state index in [1.54, 1.807) is 0 Å². The van der Waals surface area contributed by atoms with Crippen LogP contribution in [0.5, 0.6) is 0 Å². The van der Waals surface area contributed by atoms with Crippen molar-refractivity contribution in [2.24, 2.45) is 0 Å². The maximum atomic E-state index is 11.4. The van der Waals surface area contributed by atoms with E-state index in [1.807, 2.05) is 13.0 Å². The molecule has 1 aromatic rings. The molecular weight excluding hydrogens is 230 g/mol. The minimum atomic E-state index is -0.507. The average molecular weight is 251 g/mol. The van der Waals surface area contributed by atoms with Gasteiger partial charge in [-0.3, -0.25) is 0 Å². The second-order valence-electron chi connectivity index (χ2n) is 4.20. The number of esters is 1. The monoisotopic (exact) mass is 251 g/mol. The van der Waals surface area contributed by atoms with E-state index in [0.717, 1.165) is 18.7 Å². The second kappa shape index (κ2) is 7.63. The molecule has 0 aliphatic rings. The number of nitrogens with zero attached hydrogens (tertiary/aromatic N) is 2. The van der Waals surface area contributed by atoms with Crippen LogP contribution in [-0.4, -0.2) is 29.6 Å². The number of aryl methyl sites for hydroxylation is 1. The van der Waals surface area contributed by atoms with Crippen LogP contribution in [0.15, 0.2) is 6.07 Å². The van der Waals surface area contributed by atoms with E-state index in [9.17, 15) is 4.79 Å². The van der Waals surface area contributed by atoms with Crippen molar-refractivity contribution in [3.8, 4) is 0 Å². The summed E-state index contributed by atoms with van der Waals surface area (Å²) in [6.45, 7) is 4.87. The Labute approximate surface area is 108 Å². The quantitative estimate of drug-likeness (QED) is 0.596. The highest BCUT2D eigenvalue weighted by atomic mass is 16.5. The molecule has 1 rings (SSSR count). The third-order valence-corrected chi connectivity index (χ3v) is 2.56. The summed E-state index contributed by atoms with van der Waals surface area (Å²) >= 11 is 0. The highest BCUT2D eigenvalue weighted by Crippen LogP contribution is 2.08. The number of hydrogen-bond acceptors (Lipinski definition) is 5. The van der Waals surface area contributed by atoms with Gasteiger partial charge < -0.3 is 10.1 Å². The average Bonchev–Trinajstić information content (AvgIpc) is 2.37.